The standard InChI is InChI=1S/C20H21N3O3/c24-14-8-6-13(7-9-14)21-20(26)15-10-11-16(25)18-17(15)22-19(23-18)12-4-2-1-3-5-12/h1-5,10-11,13-14,24-25H,6-9H2,(H,21,26)(H,22,23). The number of fused-ring (bicyclic) bond motifs is 1. The number of carbonyl (C=O) groups is 1. The van der Waals surface area contributed by atoms with Gasteiger partial charge in [-0.1, -0.05) is 30.3 Å². The Balaban J connectivity index is 1.66. The summed E-state index contributed by atoms with van der Waals surface area (Å²) in [6.45, 7) is 0. The normalized spacial score (nSPS) is 20.2. The number of aromatic amines is 1. The second-order valence-electron chi connectivity index (χ2n) is 6.79. The van der Waals surface area contributed by atoms with Crippen molar-refractivity contribution in [2.24, 2.45) is 0 Å². The second kappa shape index (κ2) is 6.80. The Morgan fingerprint density at radius 3 is 2.54 bits per heavy atom. The predicted octanol–water partition coefficient (Wildman–Crippen LogP) is 2.97. The van der Waals surface area contributed by atoms with Crippen LogP contribution < -0.4 is 5.32 Å². The van der Waals surface area contributed by atoms with Crippen molar-refractivity contribution in [1.82, 2.24) is 15.3 Å². The van der Waals surface area contributed by atoms with Gasteiger partial charge in [-0.3, -0.25) is 4.79 Å². The molecule has 0 unspecified atom stereocenters. The summed E-state index contributed by atoms with van der Waals surface area (Å²) < 4.78 is 0. The average molecular weight is 351 g/mol. The van der Waals surface area contributed by atoms with Gasteiger partial charge in [-0.15, -0.1) is 0 Å². The van der Waals surface area contributed by atoms with Crippen molar-refractivity contribution < 1.29 is 15.0 Å². The molecule has 6 heteroatoms. The van der Waals surface area contributed by atoms with E-state index in [9.17, 15) is 15.0 Å². The number of hydrogen-bond acceptors (Lipinski definition) is 4. The Bertz CT molecular complexity index is 928. The molecular weight excluding hydrogens is 330 g/mol. The summed E-state index contributed by atoms with van der Waals surface area (Å²) in [5.41, 5.74) is 2.23. The van der Waals surface area contributed by atoms with Crippen molar-refractivity contribution in [3.05, 3.63) is 48.0 Å². The molecule has 1 aromatic heterocycles. The minimum Gasteiger partial charge on any atom is -0.506 e. The first-order valence-electron chi connectivity index (χ1n) is 8.88. The number of aliphatic hydroxyl groups excluding tert-OH is 1. The summed E-state index contributed by atoms with van der Waals surface area (Å²) in [5, 5.41) is 22.8. The van der Waals surface area contributed by atoms with E-state index in [0.717, 1.165) is 18.4 Å². The zero-order chi connectivity index (χ0) is 18.1. The van der Waals surface area contributed by atoms with Crippen LogP contribution in [0.25, 0.3) is 22.4 Å². The van der Waals surface area contributed by atoms with Crippen LogP contribution in [0.5, 0.6) is 5.75 Å². The van der Waals surface area contributed by atoms with E-state index in [1.54, 1.807) is 6.07 Å². The second-order valence-corrected chi connectivity index (χ2v) is 6.79. The molecule has 4 rings (SSSR count). The number of aliphatic hydroxyl groups is 1. The molecule has 1 heterocycles. The minimum atomic E-state index is -0.261. The third-order valence-corrected chi connectivity index (χ3v) is 4.95. The summed E-state index contributed by atoms with van der Waals surface area (Å²) in [7, 11) is 0. The maximum absolute atomic E-state index is 12.8. The van der Waals surface area contributed by atoms with Crippen LogP contribution in [0.15, 0.2) is 42.5 Å². The zero-order valence-corrected chi connectivity index (χ0v) is 14.3. The van der Waals surface area contributed by atoms with E-state index in [4.69, 9.17) is 0 Å². The molecule has 0 spiro atoms. The molecule has 26 heavy (non-hydrogen) atoms. The molecule has 1 fully saturated rings. The van der Waals surface area contributed by atoms with Gasteiger partial charge in [0, 0.05) is 11.6 Å². The van der Waals surface area contributed by atoms with Crippen LogP contribution in [0, 0.1) is 0 Å². The lowest BCUT2D eigenvalue weighted by Gasteiger charge is -2.26. The predicted molar refractivity (Wildman–Crippen MR) is 98.9 cm³/mol. The Kier molecular flexibility index (Phi) is 4.34. The van der Waals surface area contributed by atoms with Crippen LogP contribution in [0.1, 0.15) is 36.0 Å². The van der Waals surface area contributed by atoms with Crippen molar-refractivity contribution in [2.75, 3.05) is 0 Å². The monoisotopic (exact) mass is 351 g/mol. The maximum atomic E-state index is 12.8. The van der Waals surface area contributed by atoms with Crippen molar-refractivity contribution in [2.45, 2.75) is 37.8 Å². The van der Waals surface area contributed by atoms with Crippen LogP contribution in [0.4, 0.5) is 0 Å². The largest absolute Gasteiger partial charge is 0.506 e. The lowest BCUT2D eigenvalue weighted by Crippen LogP contribution is -2.38. The topological polar surface area (TPSA) is 98.2 Å². The highest BCUT2D eigenvalue weighted by Gasteiger charge is 2.23. The summed E-state index contributed by atoms with van der Waals surface area (Å²) >= 11 is 0. The first-order valence-corrected chi connectivity index (χ1v) is 8.88. The van der Waals surface area contributed by atoms with Gasteiger partial charge in [-0.2, -0.15) is 0 Å². The Hall–Kier alpha value is -2.86. The Morgan fingerprint density at radius 1 is 1.08 bits per heavy atom. The van der Waals surface area contributed by atoms with Crippen LogP contribution in [-0.4, -0.2) is 38.2 Å². The van der Waals surface area contributed by atoms with Gasteiger partial charge in [0.15, 0.2) is 0 Å². The first-order chi connectivity index (χ1) is 12.6. The summed E-state index contributed by atoms with van der Waals surface area (Å²) in [4.78, 5) is 20.4. The van der Waals surface area contributed by atoms with E-state index in [2.05, 4.69) is 15.3 Å². The molecule has 2 aromatic carbocycles. The van der Waals surface area contributed by atoms with Crippen LogP contribution in [0.2, 0.25) is 0 Å². The highest BCUT2D eigenvalue weighted by Crippen LogP contribution is 2.29. The number of amides is 1. The number of H-pyrrole nitrogens is 1. The molecule has 0 bridgehead atoms. The highest BCUT2D eigenvalue weighted by molar-refractivity contribution is 6.06. The first kappa shape index (κ1) is 16.6. The SMILES string of the molecule is O=C(NC1CCC(O)CC1)c1ccc(O)c2[nH]c(-c3ccccc3)nc12. The van der Waals surface area contributed by atoms with Gasteiger partial charge in [-0.05, 0) is 37.8 Å². The van der Waals surface area contributed by atoms with E-state index in [1.807, 2.05) is 30.3 Å². The molecule has 0 atom stereocenters. The highest BCUT2D eigenvalue weighted by atomic mass is 16.3. The van der Waals surface area contributed by atoms with E-state index in [0.29, 0.717) is 35.3 Å². The number of imidazole rings is 1. The van der Waals surface area contributed by atoms with Crippen molar-refractivity contribution in [3.8, 4) is 17.1 Å². The lowest BCUT2D eigenvalue weighted by molar-refractivity contribution is 0.0869. The number of aromatic hydroxyl groups is 1. The summed E-state index contributed by atoms with van der Waals surface area (Å²) in [6.07, 6.45) is 2.68. The molecule has 1 aliphatic rings. The number of benzene rings is 2. The number of hydrogen-bond donors (Lipinski definition) is 4. The lowest BCUT2D eigenvalue weighted by atomic mass is 9.93. The molecule has 0 radical (unpaired) electrons. The number of aromatic nitrogens is 2. The van der Waals surface area contributed by atoms with E-state index < -0.39 is 0 Å². The number of carbonyl (C=O) groups excluding carboxylic acids is 1. The smallest absolute Gasteiger partial charge is 0.253 e. The quantitative estimate of drug-likeness (QED) is 0.583. The van der Waals surface area contributed by atoms with Crippen molar-refractivity contribution in [3.63, 3.8) is 0 Å². The Labute approximate surface area is 150 Å². The summed E-state index contributed by atoms with van der Waals surface area (Å²) in [5.74, 6) is 0.464. The van der Waals surface area contributed by atoms with Crippen LogP contribution in [-0.2, 0) is 0 Å². The number of nitrogens with one attached hydrogen (secondary N) is 2. The van der Waals surface area contributed by atoms with E-state index in [1.165, 1.54) is 6.07 Å². The van der Waals surface area contributed by atoms with Crippen LogP contribution >= 0.6 is 0 Å². The van der Waals surface area contributed by atoms with Gasteiger partial charge in [0.25, 0.3) is 5.91 Å². The molecule has 6 nitrogen and oxygen atoms in total. The van der Waals surface area contributed by atoms with E-state index in [-0.39, 0.29) is 23.8 Å². The zero-order valence-electron chi connectivity index (χ0n) is 14.3. The van der Waals surface area contributed by atoms with Crippen molar-refractivity contribution >= 4 is 16.9 Å². The van der Waals surface area contributed by atoms with Crippen molar-refractivity contribution in [1.29, 1.82) is 0 Å². The summed E-state index contributed by atoms with van der Waals surface area (Å²) in [6, 6.07) is 12.7. The fourth-order valence-electron chi connectivity index (χ4n) is 3.48. The Morgan fingerprint density at radius 2 is 1.81 bits per heavy atom. The third kappa shape index (κ3) is 3.15. The van der Waals surface area contributed by atoms with Gasteiger partial charge in [0.1, 0.15) is 22.6 Å². The molecule has 0 aliphatic heterocycles. The van der Waals surface area contributed by atoms with Gasteiger partial charge < -0.3 is 20.5 Å². The molecule has 3 aromatic rings. The third-order valence-electron chi connectivity index (χ3n) is 4.95. The maximum Gasteiger partial charge on any atom is 0.253 e. The van der Waals surface area contributed by atoms with E-state index >= 15 is 0 Å². The van der Waals surface area contributed by atoms with Gasteiger partial charge in [0.2, 0.25) is 0 Å². The minimum absolute atomic E-state index is 0.0577. The molecule has 1 saturated carbocycles. The number of nitrogens with zero attached hydrogens (tertiary/aromatic N) is 1. The molecule has 134 valence electrons. The fraction of sp³-hybridized carbons (Fsp3) is 0.300. The molecule has 1 aliphatic carbocycles. The van der Waals surface area contributed by atoms with Gasteiger partial charge >= 0.3 is 0 Å². The number of phenolic OH excluding ortho intramolecular Hbond substituents is 1. The van der Waals surface area contributed by atoms with Crippen LogP contribution in [0.3, 0.4) is 0 Å². The average Bonchev–Trinajstić information content (AvgIpc) is 3.11. The molecular formula is C20H21N3O3. The number of rotatable bonds is 3. The molecule has 1 amide bonds. The fourth-order valence-corrected chi connectivity index (χ4v) is 3.48. The van der Waals surface area contributed by atoms with Gasteiger partial charge in [-0.25, -0.2) is 4.98 Å². The molecule has 0 saturated heterocycles. The molecule has 4 N–H and O–H groups in total. The van der Waals surface area contributed by atoms with Gasteiger partial charge in [0.05, 0.1) is 11.7 Å². The number of phenols is 1.